The third kappa shape index (κ3) is 7.37. The molecule has 0 radical (unpaired) electrons. The summed E-state index contributed by atoms with van der Waals surface area (Å²) in [6.45, 7) is 0. The molecule has 0 heterocycles. The van der Waals surface area contributed by atoms with Crippen LogP contribution in [0.1, 0.15) is 11.7 Å². The van der Waals surface area contributed by atoms with Crippen molar-refractivity contribution in [3.63, 3.8) is 0 Å². The second-order valence-electron chi connectivity index (χ2n) is 6.75. The van der Waals surface area contributed by atoms with Gasteiger partial charge in [0.05, 0.1) is 0 Å². The summed E-state index contributed by atoms with van der Waals surface area (Å²) in [5.74, 6) is -0.924. The standard InChI is InChI=1S/C24H19Br2NO6/c25-15-6-9-17(10-7-15)27-24(31)33-23(19-14-16(26)8-11-20(19)28)21(12-13-22(29)30)32-18-4-2-1-3-5-18/h1-14,21,23,28H,(H,27,31)(H,29,30)/b13-12+/t21-,23-/m0/s1. The number of hydrogen-bond acceptors (Lipinski definition) is 5. The van der Waals surface area contributed by atoms with Crippen molar-refractivity contribution >= 4 is 49.6 Å². The smallest absolute Gasteiger partial charge is 0.412 e. The molecule has 0 unspecified atom stereocenters. The normalized spacial score (nSPS) is 12.7. The van der Waals surface area contributed by atoms with Crippen molar-refractivity contribution in [1.82, 2.24) is 0 Å². The topological polar surface area (TPSA) is 105 Å². The van der Waals surface area contributed by atoms with E-state index in [4.69, 9.17) is 14.6 Å². The largest absolute Gasteiger partial charge is 0.508 e. The van der Waals surface area contributed by atoms with Gasteiger partial charge in [-0.15, -0.1) is 0 Å². The molecule has 2 atom stereocenters. The van der Waals surface area contributed by atoms with Crippen LogP contribution in [0.15, 0.2) is 93.9 Å². The average molecular weight is 577 g/mol. The van der Waals surface area contributed by atoms with Gasteiger partial charge in [0.15, 0.2) is 12.2 Å². The van der Waals surface area contributed by atoms with Crippen LogP contribution in [0.5, 0.6) is 11.5 Å². The van der Waals surface area contributed by atoms with Gasteiger partial charge >= 0.3 is 12.1 Å². The molecule has 0 saturated heterocycles. The maximum Gasteiger partial charge on any atom is 0.412 e. The van der Waals surface area contributed by atoms with E-state index in [9.17, 15) is 14.7 Å². The number of carboxylic acid groups (broad SMARTS) is 1. The molecule has 1 amide bonds. The molecule has 7 nitrogen and oxygen atoms in total. The van der Waals surface area contributed by atoms with Gasteiger partial charge in [-0.05, 0) is 60.7 Å². The molecule has 9 heteroatoms. The first-order chi connectivity index (χ1) is 15.8. The Kier molecular flexibility index (Phi) is 8.51. The lowest BCUT2D eigenvalue weighted by molar-refractivity contribution is -0.131. The van der Waals surface area contributed by atoms with Crippen molar-refractivity contribution in [3.05, 3.63) is 99.5 Å². The van der Waals surface area contributed by atoms with Crippen LogP contribution in [-0.4, -0.2) is 28.4 Å². The zero-order valence-corrected chi connectivity index (χ0v) is 20.2. The minimum atomic E-state index is -1.20. The second-order valence-corrected chi connectivity index (χ2v) is 8.59. The number of ether oxygens (including phenoxy) is 2. The molecule has 3 N–H and O–H groups in total. The number of anilines is 1. The molecule has 0 fully saturated rings. The van der Waals surface area contributed by atoms with Gasteiger partial charge in [-0.3, -0.25) is 5.32 Å². The highest BCUT2D eigenvalue weighted by atomic mass is 79.9. The lowest BCUT2D eigenvalue weighted by Gasteiger charge is -2.27. The SMILES string of the molecule is O=C(O)/C=C/[C@H](Oc1ccccc1)[C@@H](OC(=O)Nc1ccc(Br)cc1)c1cc(Br)ccc1O. The van der Waals surface area contributed by atoms with Gasteiger partial charge in [-0.25, -0.2) is 9.59 Å². The van der Waals surface area contributed by atoms with Gasteiger partial charge in [-0.1, -0.05) is 50.1 Å². The van der Waals surface area contributed by atoms with Crippen molar-refractivity contribution in [3.8, 4) is 11.5 Å². The summed E-state index contributed by atoms with van der Waals surface area (Å²) in [7, 11) is 0. The molecule has 3 rings (SSSR count). The van der Waals surface area contributed by atoms with E-state index in [-0.39, 0.29) is 11.3 Å². The molecule has 0 saturated carbocycles. The van der Waals surface area contributed by atoms with Crippen LogP contribution in [0.4, 0.5) is 10.5 Å². The predicted molar refractivity (Wildman–Crippen MR) is 130 cm³/mol. The maximum absolute atomic E-state index is 12.7. The number of hydrogen-bond donors (Lipinski definition) is 3. The van der Waals surface area contributed by atoms with Crippen LogP contribution >= 0.6 is 31.9 Å². The van der Waals surface area contributed by atoms with Gasteiger partial charge in [-0.2, -0.15) is 0 Å². The van der Waals surface area contributed by atoms with E-state index in [1.165, 1.54) is 12.1 Å². The minimum Gasteiger partial charge on any atom is -0.508 e. The van der Waals surface area contributed by atoms with Crippen molar-refractivity contribution in [2.24, 2.45) is 0 Å². The first kappa shape index (κ1) is 24.3. The number of amides is 1. The fourth-order valence-corrected chi connectivity index (χ4v) is 3.54. The molecule has 170 valence electrons. The van der Waals surface area contributed by atoms with Gasteiger partial charge in [0.2, 0.25) is 0 Å². The summed E-state index contributed by atoms with van der Waals surface area (Å²) in [5.41, 5.74) is 0.716. The fraction of sp³-hybridized carbons (Fsp3) is 0.0833. The summed E-state index contributed by atoms with van der Waals surface area (Å²) >= 11 is 6.67. The highest BCUT2D eigenvalue weighted by Crippen LogP contribution is 2.34. The number of para-hydroxylation sites is 1. The van der Waals surface area contributed by atoms with Crippen LogP contribution in [0.25, 0.3) is 0 Å². The Hall–Kier alpha value is -3.30. The molecular formula is C24H19Br2NO6. The van der Waals surface area contributed by atoms with Crippen LogP contribution in [0.2, 0.25) is 0 Å². The van der Waals surface area contributed by atoms with Crippen LogP contribution in [-0.2, 0) is 9.53 Å². The average Bonchev–Trinajstić information content (AvgIpc) is 2.79. The summed E-state index contributed by atoms with van der Waals surface area (Å²) in [6, 6.07) is 20.2. The van der Waals surface area contributed by atoms with E-state index in [2.05, 4.69) is 37.2 Å². The number of carboxylic acids is 1. The highest BCUT2D eigenvalue weighted by Gasteiger charge is 2.30. The molecule has 33 heavy (non-hydrogen) atoms. The van der Waals surface area contributed by atoms with Crippen molar-refractivity contribution in [2.75, 3.05) is 5.32 Å². The van der Waals surface area contributed by atoms with Gasteiger partial charge in [0, 0.05) is 26.3 Å². The third-order valence-corrected chi connectivity index (χ3v) is 5.38. The fourth-order valence-electron chi connectivity index (χ4n) is 2.89. The predicted octanol–water partition coefficient (Wildman–Crippen LogP) is 6.30. The maximum atomic E-state index is 12.7. The van der Waals surface area contributed by atoms with Crippen LogP contribution < -0.4 is 10.1 Å². The molecule has 3 aromatic carbocycles. The second kappa shape index (κ2) is 11.5. The Morgan fingerprint density at radius 3 is 2.27 bits per heavy atom. The first-order valence-corrected chi connectivity index (χ1v) is 11.2. The molecule has 0 spiro atoms. The van der Waals surface area contributed by atoms with E-state index in [0.29, 0.717) is 15.9 Å². The third-order valence-electron chi connectivity index (χ3n) is 4.36. The van der Waals surface area contributed by atoms with Gasteiger partial charge < -0.3 is 19.7 Å². The van der Waals surface area contributed by atoms with E-state index in [1.807, 2.05) is 0 Å². The lowest BCUT2D eigenvalue weighted by atomic mass is 10.0. The number of aliphatic carboxylic acids is 1. The van der Waals surface area contributed by atoms with Crippen LogP contribution in [0, 0.1) is 0 Å². The number of carbonyl (C=O) groups is 2. The quantitative estimate of drug-likeness (QED) is 0.272. The zero-order valence-electron chi connectivity index (χ0n) is 17.0. The number of phenols is 1. The van der Waals surface area contributed by atoms with E-state index < -0.39 is 24.3 Å². The molecule has 0 aliphatic rings. The summed E-state index contributed by atoms with van der Waals surface area (Å²) in [5, 5.41) is 22.3. The number of carbonyl (C=O) groups excluding carboxylic acids is 1. The zero-order chi connectivity index (χ0) is 23.8. The summed E-state index contributed by atoms with van der Waals surface area (Å²) in [4.78, 5) is 23.9. The molecule has 0 aliphatic heterocycles. The Bertz CT molecular complexity index is 1140. The molecular weight excluding hydrogens is 558 g/mol. The first-order valence-electron chi connectivity index (χ1n) is 9.66. The van der Waals surface area contributed by atoms with Crippen molar-refractivity contribution < 1.29 is 29.3 Å². The monoisotopic (exact) mass is 575 g/mol. The Balaban J connectivity index is 1.96. The van der Waals surface area contributed by atoms with Crippen molar-refractivity contribution in [2.45, 2.75) is 12.2 Å². The Morgan fingerprint density at radius 1 is 0.939 bits per heavy atom. The Labute approximate surface area is 206 Å². The number of aromatic hydroxyl groups is 1. The van der Waals surface area contributed by atoms with E-state index in [0.717, 1.165) is 10.5 Å². The number of rotatable bonds is 8. The van der Waals surface area contributed by atoms with E-state index in [1.54, 1.807) is 66.7 Å². The molecule has 0 aromatic heterocycles. The molecule has 3 aromatic rings. The molecule has 0 bridgehead atoms. The Morgan fingerprint density at radius 2 is 1.61 bits per heavy atom. The highest BCUT2D eigenvalue weighted by molar-refractivity contribution is 9.10. The van der Waals surface area contributed by atoms with Crippen molar-refractivity contribution in [1.29, 1.82) is 0 Å². The van der Waals surface area contributed by atoms with Gasteiger partial charge in [0.25, 0.3) is 0 Å². The number of nitrogens with one attached hydrogen (secondary N) is 1. The van der Waals surface area contributed by atoms with E-state index >= 15 is 0 Å². The summed E-state index contributed by atoms with van der Waals surface area (Å²) < 4.78 is 13.1. The lowest BCUT2D eigenvalue weighted by Crippen LogP contribution is -2.30. The number of benzene rings is 3. The summed E-state index contributed by atoms with van der Waals surface area (Å²) in [6.07, 6.45) is -0.918. The van der Waals surface area contributed by atoms with Gasteiger partial charge in [0.1, 0.15) is 11.5 Å². The number of phenolic OH excluding ortho intramolecular Hbond substituents is 1. The number of halogens is 2. The minimum absolute atomic E-state index is 0.148. The van der Waals surface area contributed by atoms with Crippen LogP contribution in [0.3, 0.4) is 0 Å². The molecule has 0 aliphatic carbocycles.